The van der Waals surface area contributed by atoms with E-state index in [0.29, 0.717) is 10.6 Å². The summed E-state index contributed by atoms with van der Waals surface area (Å²) in [5.74, 6) is -0.194. The molecule has 0 atom stereocenters. The first-order chi connectivity index (χ1) is 7.75. The summed E-state index contributed by atoms with van der Waals surface area (Å²) in [5.41, 5.74) is -0.127. The number of hydrogen-bond donors (Lipinski definition) is 1. The lowest BCUT2D eigenvalue weighted by Crippen LogP contribution is -2.25. The van der Waals surface area contributed by atoms with E-state index < -0.39 is 11.4 Å². The van der Waals surface area contributed by atoms with Crippen LogP contribution >= 0.6 is 23.2 Å². The van der Waals surface area contributed by atoms with Gasteiger partial charge in [0.15, 0.2) is 5.75 Å². The van der Waals surface area contributed by atoms with Gasteiger partial charge in [0.05, 0.1) is 17.0 Å². The van der Waals surface area contributed by atoms with Crippen LogP contribution in [0.1, 0.15) is 26.3 Å². The van der Waals surface area contributed by atoms with E-state index in [4.69, 9.17) is 33.0 Å². The third kappa shape index (κ3) is 3.60. The van der Waals surface area contributed by atoms with Gasteiger partial charge in [-0.05, 0) is 32.4 Å². The molecule has 1 aromatic carbocycles. The highest BCUT2D eigenvalue weighted by Crippen LogP contribution is 2.32. The van der Waals surface area contributed by atoms with E-state index in [1.165, 1.54) is 12.1 Å². The van der Waals surface area contributed by atoms with Crippen molar-refractivity contribution in [3.63, 3.8) is 0 Å². The number of aliphatic hydroxyl groups excluding tert-OH is 1. The van der Waals surface area contributed by atoms with Crippen LogP contribution in [0.15, 0.2) is 12.1 Å². The molecule has 0 saturated carbocycles. The number of benzene rings is 1. The standard InChI is InChI=1S/C12H14Cl2O3/c1-12(2,3)11(16)17-10-5-8(13)7(6-15)4-9(10)14/h4-5,15H,6H2,1-3H3. The number of hydrogen-bond acceptors (Lipinski definition) is 3. The second kappa shape index (κ2) is 5.25. The van der Waals surface area contributed by atoms with Gasteiger partial charge in [0.2, 0.25) is 0 Å². The maximum absolute atomic E-state index is 11.7. The Morgan fingerprint density at radius 3 is 2.35 bits per heavy atom. The van der Waals surface area contributed by atoms with Gasteiger partial charge < -0.3 is 9.84 Å². The first-order valence-electron chi connectivity index (χ1n) is 5.06. The smallest absolute Gasteiger partial charge is 0.316 e. The van der Waals surface area contributed by atoms with Crippen molar-refractivity contribution in [2.75, 3.05) is 0 Å². The molecule has 0 aliphatic carbocycles. The van der Waals surface area contributed by atoms with Gasteiger partial charge in [-0.15, -0.1) is 0 Å². The van der Waals surface area contributed by atoms with E-state index in [9.17, 15) is 4.79 Å². The van der Waals surface area contributed by atoms with Crippen molar-refractivity contribution in [3.05, 3.63) is 27.7 Å². The van der Waals surface area contributed by atoms with Crippen molar-refractivity contribution in [3.8, 4) is 5.75 Å². The van der Waals surface area contributed by atoms with Crippen LogP contribution in [-0.2, 0) is 11.4 Å². The predicted molar refractivity (Wildman–Crippen MR) is 67.5 cm³/mol. The number of aliphatic hydroxyl groups is 1. The monoisotopic (exact) mass is 276 g/mol. The van der Waals surface area contributed by atoms with Crippen LogP contribution in [0.5, 0.6) is 5.75 Å². The molecule has 1 N–H and O–H groups in total. The average molecular weight is 277 g/mol. The SMILES string of the molecule is CC(C)(C)C(=O)Oc1cc(Cl)c(CO)cc1Cl. The largest absolute Gasteiger partial charge is 0.424 e. The Kier molecular flexibility index (Phi) is 4.42. The van der Waals surface area contributed by atoms with E-state index in [-0.39, 0.29) is 17.4 Å². The van der Waals surface area contributed by atoms with Gasteiger partial charge in [-0.3, -0.25) is 4.79 Å². The van der Waals surface area contributed by atoms with Crippen molar-refractivity contribution < 1.29 is 14.6 Å². The molecule has 0 aliphatic heterocycles. The number of rotatable bonds is 2. The molecule has 0 heterocycles. The number of ether oxygens (including phenoxy) is 1. The van der Waals surface area contributed by atoms with Crippen LogP contribution < -0.4 is 4.74 Å². The van der Waals surface area contributed by atoms with Gasteiger partial charge in [-0.2, -0.15) is 0 Å². The summed E-state index contributed by atoms with van der Waals surface area (Å²) in [5, 5.41) is 9.55. The molecule has 0 aliphatic rings. The highest BCUT2D eigenvalue weighted by molar-refractivity contribution is 6.34. The van der Waals surface area contributed by atoms with Gasteiger partial charge in [0.1, 0.15) is 0 Å². The molecule has 0 unspecified atom stereocenters. The Hall–Kier alpha value is -0.770. The van der Waals surface area contributed by atoms with E-state index in [1.807, 2.05) is 0 Å². The average Bonchev–Trinajstić information content (AvgIpc) is 2.21. The van der Waals surface area contributed by atoms with Gasteiger partial charge in [-0.25, -0.2) is 0 Å². The Balaban J connectivity index is 3.01. The zero-order valence-electron chi connectivity index (χ0n) is 9.88. The molecule has 0 aromatic heterocycles. The molecule has 17 heavy (non-hydrogen) atoms. The maximum atomic E-state index is 11.7. The summed E-state index contributed by atoms with van der Waals surface area (Å²) < 4.78 is 5.15. The van der Waals surface area contributed by atoms with Gasteiger partial charge in [0, 0.05) is 11.1 Å². The minimum absolute atomic E-state index is 0.203. The molecule has 0 bridgehead atoms. The van der Waals surface area contributed by atoms with E-state index in [1.54, 1.807) is 20.8 Å². The maximum Gasteiger partial charge on any atom is 0.316 e. The second-order valence-electron chi connectivity index (χ2n) is 4.67. The molecule has 0 amide bonds. The van der Waals surface area contributed by atoms with Crippen molar-refractivity contribution >= 4 is 29.2 Å². The van der Waals surface area contributed by atoms with E-state index in [2.05, 4.69) is 0 Å². The fourth-order valence-corrected chi connectivity index (χ4v) is 1.46. The summed E-state index contributed by atoms with van der Waals surface area (Å²) in [4.78, 5) is 11.7. The van der Waals surface area contributed by atoms with Gasteiger partial charge >= 0.3 is 5.97 Å². The minimum atomic E-state index is -0.620. The molecular weight excluding hydrogens is 263 g/mol. The van der Waals surface area contributed by atoms with Crippen LogP contribution in [0.2, 0.25) is 10.0 Å². The van der Waals surface area contributed by atoms with Crippen molar-refractivity contribution in [1.29, 1.82) is 0 Å². The molecular formula is C12H14Cl2O3. The lowest BCUT2D eigenvalue weighted by molar-refractivity contribution is -0.142. The molecule has 3 nitrogen and oxygen atoms in total. The van der Waals surface area contributed by atoms with Crippen LogP contribution in [-0.4, -0.2) is 11.1 Å². The number of esters is 1. The molecule has 5 heteroatoms. The Bertz CT molecular complexity index is 436. The molecule has 0 radical (unpaired) electrons. The topological polar surface area (TPSA) is 46.5 Å². The van der Waals surface area contributed by atoms with E-state index in [0.717, 1.165) is 0 Å². The van der Waals surface area contributed by atoms with E-state index >= 15 is 0 Å². The lowest BCUT2D eigenvalue weighted by Gasteiger charge is -2.17. The Morgan fingerprint density at radius 2 is 1.88 bits per heavy atom. The lowest BCUT2D eigenvalue weighted by atomic mass is 9.97. The van der Waals surface area contributed by atoms with Gasteiger partial charge in [-0.1, -0.05) is 23.2 Å². The first kappa shape index (κ1) is 14.3. The van der Waals surface area contributed by atoms with Crippen molar-refractivity contribution in [1.82, 2.24) is 0 Å². The fraction of sp³-hybridized carbons (Fsp3) is 0.417. The van der Waals surface area contributed by atoms with Crippen LogP contribution in [0.4, 0.5) is 0 Å². The number of carbonyl (C=O) groups excluding carboxylic acids is 1. The minimum Gasteiger partial charge on any atom is -0.424 e. The summed E-state index contributed by atoms with van der Waals surface area (Å²) in [6.07, 6.45) is 0. The second-order valence-corrected chi connectivity index (χ2v) is 5.49. The Morgan fingerprint density at radius 1 is 1.29 bits per heavy atom. The summed E-state index contributed by atoms with van der Waals surface area (Å²) in [7, 11) is 0. The zero-order chi connectivity index (χ0) is 13.2. The van der Waals surface area contributed by atoms with Crippen molar-refractivity contribution in [2.45, 2.75) is 27.4 Å². The third-order valence-electron chi connectivity index (χ3n) is 2.09. The first-order valence-corrected chi connectivity index (χ1v) is 5.82. The van der Waals surface area contributed by atoms with Crippen molar-refractivity contribution in [2.24, 2.45) is 5.41 Å². The number of halogens is 2. The molecule has 0 fully saturated rings. The highest BCUT2D eigenvalue weighted by atomic mass is 35.5. The highest BCUT2D eigenvalue weighted by Gasteiger charge is 2.24. The number of carbonyl (C=O) groups is 1. The molecule has 1 aromatic rings. The third-order valence-corrected chi connectivity index (χ3v) is 2.73. The molecule has 0 saturated heterocycles. The van der Waals surface area contributed by atoms with Crippen LogP contribution in [0.3, 0.4) is 0 Å². The summed E-state index contributed by atoms with van der Waals surface area (Å²) in [6.45, 7) is 5.01. The zero-order valence-corrected chi connectivity index (χ0v) is 11.4. The quantitative estimate of drug-likeness (QED) is 0.665. The molecule has 94 valence electrons. The van der Waals surface area contributed by atoms with Crippen LogP contribution in [0, 0.1) is 5.41 Å². The molecule has 0 spiro atoms. The fourth-order valence-electron chi connectivity index (χ4n) is 1.02. The van der Waals surface area contributed by atoms with Gasteiger partial charge in [0.25, 0.3) is 0 Å². The summed E-state index contributed by atoms with van der Waals surface area (Å²) >= 11 is 11.8. The summed E-state index contributed by atoms with van der Waals surface area (Å²) in [6, 6.07) is 2.91. The van der Waals surface area contributed by atoms with Crippen LogP contribution in [0.25, 0.3) is 0 Å². The molecule has 1 rings (SSSR count). The normalized spacial score (nSPS) is 11.4. The predicted octanol–water partition coefficient (Wildman–Crippen LogP) is 3.44. The Labute approximate surface area is 110 Å².